The average Bonchev–Trinajstić information content (AvgIpc) is 2.97. The van der Waals surface area contributed by atoms with Gasteiger partial charge in [0, 0.05) is 11.5 Å². The van der Waals surface area contributed by atoms with Gasteiger partial charge in [0.05, 0.1) is 0 Å². The Morgan fingerprint density at radius 2 is 2.22 bits per heavy atom. The lowest BCUT2D eigenvalue weighted by molar-refractivity contribution is 0.331. The van der Waals surface area contributed by atoms with Crippen molar-refractivity contribution in [2.45, 2.75) is 32.1 Å². The molecule has 0 spiro atoms. The van der Waals surface area contributed by atoms with Crippen molar-refractivity contribution < 1.29 is 9.63 Å². The van der Waals surface area contributed by atoms with E-state index in [1.165, 1.54) is 12.8 Å². The monoisotopic (exact) mass is 244 g/mol. The fourth-order valence-electron chi connectivity index (χ4n) is 2.66. The average molecular weight is 244 g/mol. The number of hydrogen-bond acceptors (Lipinski definition) is 4. The van der Waals surface area contributed by atoms with Crippen LogP contribution in [0.3, 0.4) is 0 Å². The van der Waals surface area contributed by atoms with Crippen LogP contribution < -0.4 is 0 Å². The van der Waals surface area contributed by atoms with Crippen LogP contribution >= 0.6 is 0 Å². The lowest BCUT2D eigenvalue weighted by atomic mass is 9.98. The lowest BCUT2D eigenvalue weighted by Crippen LogP contribution is -2.02. The SMILES string of the molecule is CC1CCCC1c1nc(-c2cccc(O)c2)no1. The Hall–Kier alpha value is -1.84. The van der Waals surface area contributed by atoms with Gasteiger partial charge in [0.1, 0.15) is 5.75 Å². The molecule has 2 unspecified atom stereocenters. The van der Waals surface area contributed by atoms with Crippen LogP contribution in [0.5, 0.6) is 5.75 Å². The Balaban J connectivity index is 1.89. The van der Waals surface area contributed by atoms with Gasteiger partial charge in [0.25, 0.3) is 0 Å². The molecule has 0 bridgehead atoms. The number of phenols is 1. The van der Waals surface area contributed by atoms with Crippen LogP contribution in [0, 0.1) is 5.92 Å². The highest BCUT2D eigenvalue weighted by Crippen LogP contribution is 2.38. The molecule has 1 saturated carbocycles. The zero-order chi connectivity index (χ0) is 12.5. The summed E-state index contributed by atoms with van der Waals surface area (Å²) >= 11 is 0. The Morgan fingerprint density at radius 1 is 1.33 bits per heavy atom. The first kappa shape index (κ1) is 11.3. The standard InChI is InChI=1S/C14H16N2O2/c1-9-4-2-7-12(9)14-15-13(16-18-14)10-5-3-6-11(17)8-10/h3,5-6,8-9,12,17H,2,4,7H2,1H3. The second-order valence-corrected chi connectivity index (χ2v) is 5.02. The molecule has 1 fully saturated rings. The van der Waals surface area contributed by atoms with Gasteiger partial charge in [-0.05, 0) is 30.9 Å². The maximum Gasteiger partial charge on any atom is 0.230 e. The van der Waals surface area contributed by atoms with E-state index in [4.69, 9.17) is 4.52 Å². The Bertz CT molecular complexity index is 550. The highest BCUT2D eigenvalue weighted by molar-refractivity contribution is 5.56. The van der Waals surface area contributed by atoms with Gasteiger partial charge in [-0.1, -0.05) is 30.6 Å². The molecule has 4 nitrogen and oxygen atoms in total. The van der Waals surface area contributed by atoms with Crippen molar-refractivity contribution in [3.63, 3.8) is 0 Å². The predicted octanol–water partition coefficient (Wildman–Crippen LogP) is 3.35. The largest absolute Gasteiger partial charge is 0.508 e. The normalized spacial score (nSPS) is 23.4. The second-order valence-electron chi connectivity index (χ2n) is 5.02. The van der Waals surface area contributed by atoms with Gasteiger partial charge in [-0.15, -0.1) is 0 Å². The molecule has 94 valence electrons. The van der Waals surface area contributed by atoms with Gasteiger partial charge in [-0.25, -0.2) is 0 Å². The number of benzene rings is 1. The zero-order valence-electron chi connectivity index (χ0n) is 10.3. The van der Waals surface area contributed by atoms with E-state index in [1.54, 1.807) is 18.2 Å². The molecule has 3 rings (SSSR count). The molecule has 1 N–H and O–H groups in total. The summed E-state index contributed by atoms with van der Waals surface area (Å²) in [5.41, 5.74) is 0.788. The summed E-state index contributed by atoms with van der Waals surface area (Å²) < 4.78 is 5.37. The van der Waals surface area contributed by atoms with Gasteiger partial charge in [-0.2, -0.15) is 4.98 Å². The first-order valence-corrected chi connectivity index (χ1v) is 6.37. The van der Waals surface area contributed by atoms with Gasteiger partial charge < -0.3 is 9.63 Å². The summed E-state index contributed by atoms with van der Waals surface area (Å²) in [6.07, 6.45) is 3.59. The fourth-order valence-corrected chi connectivity index (χ4v) is 2.66. The summed E-state index contributed by atoms with van der Waals surface area (Å²) in [6, 6.07) is 6.92. The number of aromatic nitrogens is 2. The van der Waals surface area contributed by atoms with E-state index in [0.717, 1.165) is 17.9 Å². The quantitative estimate of drug-likeness (QED) is 0.880. The second kappa shape index (κ2) is 4.44. The third kappa shape index (κ3) is 1.98. The van der Waals surface area contributed by atoms with Crippen molar-refractivity contribution in [1.29, 1.82) is 0 Å². The number of phenolic OH excluding ortho intramolecular Hbond substituents is 1. The molecule has 0 saturated heterocycles. The molecule has 2 atom stereocenters. The molecule has 0 radical (unpaired) electrons. The Morgan fingerprint density at radius 3 is 2.94 bits per heavy atom. The fraction of sp³-hybridized carbons (Fsp3) is 0.429. The molecule has 1 heterocycles. The van der Waals surface area contributed by atoms with Crippen LogP contribution in [0.15, 0.2) is 28.8 Å². The minimum Gasteiger partial charge on any atom is -0.508 e. The minimum atomic E-state index is 0.216. The van der Waals surface area contributed by atoms with Crippen LogP contribution in [-0.2, 0) is 0 Å². The molecule has 1 aromatic carbocycles. The Labute approximate surface area is 106 Å². The number of hydrogen-bond donors (Lipinski definition) is 1. The van der Waals surface area contributed by atoms with Gasteiger partial charge in [0.15, 0.2) is 0 Å². The molecule has 1 aliphatic carbocycles. The first-order valence-electron chi connectivity index (χ1n) is 6.37. The molecule has 1 aliphatic rings. The third-order valence-corrected chi connectivity index (χ3v) is 3.72. The van der Waals surface area contributed by atoms with Crippen molar-refractivity contribution in [3.8, 4) is 17.1 Å². The molecule has 18 heavy (non-hydrogen) atoms. The van der Waals surface area contributed by atoms with Crippen LogP contribution in [-0.4, -0.2) is 15.2 Å². The smallest absolute Gasteiger partial charge is 0.230 e. The van der Waals surface area contributed by atoms with E-state index in [9.17, 15) is 5.11 Å². The minimum absolute atomic E-state index is 0.216. The summed E-state index contributed by atoms with van der Waals surface area (Å²) in [7, 11) is 0. The Kier molecular flexibility index (Phi) is 2.78. The summed E-state index contributed by atoms with van der Waals surface area (Å²) in [5.74, 6) is 2.51. The summed E-state index contributed by atoms with van der Waals surface area (Å²) in [5, 5.41) is 13.5. The van der Waals surface area contributed by atoms with Gasteiger partial charge >= 0.3 is 0 Å². The number of aromatic hydroxyl groups is 1. The first-order chi connectivity index (χ1) is 8.74. The summed E-state index contributed by atoms with van der Waals surface area (Å²) in [4.78, 5) is 4.47. The van der Waals surface area contributed by atoms with E-state index >= 15 is 0 Å². The molecule has 0 amide bonds. The van der Waals surface area contributed by atoms with Gasteiger partial charge in [0.2, 0.25) is 11.7 Å². The molecular formula is C14H16N2O2. The van der Waals surface area contributed by atoms with E-state index in [0.29, 0.717) is 17.7 Å². The third-order valence-electron chi connectivity index (χ3n) is 3.72. The van der Waals surface area contributed by atoms with E-state index < -0.39 is 0 Å². The molecule has 4 heteroatoms. The van der Waals surface area contributed by atoms with E-state index in [1.807, 2.05) is 6.07 Å². The van der Waals surface area contributed by atoms with E-state index in [2.05, 4.69) is 17.1 Å². The zero-order valence-corrected chi connectivity index (χ0v) is 10.3. The highest BCUT2D eigenvalue weighted by Gasteiger charge is 2.29. The van der Waals surface area contributed by atoms with Crippen molar-refractivity contribution in [2.24, 2.45) is 5.92 Å². The van der Waals surface area contributed by atoms with Crippen molar-refractivity contribution in [1.82, 2.24) is 10.1 Å². The predicted molar refractivity (Wildman–Crippen MR) is 67.2 cm³/mol. The molecular weight excluding hydrogens is 228 g/mol. The molecule has 2 aromatic rings. The van der Waals surface area contributed by atoms with Crippen LogP contribution in [0.1, 0.15) is 38.0 Å². The topological polar surface area (TPSA) is 59.2 Å². The summed E-state index contributed by atoms with van der Waals surface area (Å²) in [6.45, 7) is 2.23. The van der Waals surface area contributed by atoms with Crippen molar-refractivity contribution >= 4 is 0 Å². The van der Waals surface area contributed by atoms with Crippen LogP contribution in [0.25, 0.3) is 11.4 Å². The van der Waals surface area contributed by atoms with Crippen molar-refractivity contribution in [2.75, 3.05) is 0 Å². The van der Waals surface area contributed by atoms with Crippen molar-refractivity contribution in [3.05, 3.63) is 30.2 Å². The van der Waals surface area contributed by atoms with E-state index in [-0.39, 0.29) is 5.75 Å². The lowest BCUT2D eigenvalue weighted by Gasteiger charge is -2.08. The highest BCUT2D eigenvalue weighted by atomic mass is 16.5. The maximum atomic E-state index is 9.45. The maximum absolute atomic E-state index is 9.45. The van der Waals surface area contributed by atoms with Crippen LogP contribution in [0.2, 0.25) is 0 Å². The van der Waals surface area contributed by atoms with Gasteiger partial charge in [-0.3, -0.25) is 0 Å². The number of nitrogens with zero attached hydrogens (tertiary/aromatic N) is 2. The molecule has 1 aromatic heterocycles. The number of rotatable bonds is 2. The molecule has 0 aliphatic heterocycles. The van der Waals surface area contributed by atoms with Crippen LogP contribution in [0.4, 0.5) is 0 Å².